The molecule has 214 valence electrons. The average Bonchev–Trinajstić information content (AvgIpc) is 2.86. The molecule has 7 nitrogen and oxygen atoms in total. The number of allylic oxidation sites excluding steroid dienone is 2. The van der Waals surface area contributed by atoms with Gasteiger partial charge in [0.1, 0.15) is 11.7 Å². The Morgan fingerprint density at radius 1 is 0.838 bits per heavy atom. The molecule has 0 aromatic rings. The van der Waals surface area contributed by atoms with Crippen molar-refractivity contribution in [3.63, 3.8) is 0 Å². The molecule has 0 rings (SSSR count). The first-order chi connectivity index (χ1) is 17.8. The fourth-order valence-electron chi connectivity index (χ4n) is 4.45. The summed E-state index contributed by atoms with van der Waals surface area (Å²) >= 11 is 4.70. The lowest BCUT2D eigenvalue weighted by Crippen LogP contribution is -2.48. The Balaban J connectivity index is 4.12. The molecule has 9 heteroatoms. The Hall–Kier alpha value is -0.830. The molecule has 0 aliphatic carbocycles. The number of hydrogen-bond donors (Lipinski definition) is 2. The maximum atomic E-state index is 9.82. The van der Waals surface area contributed by atoms with Crippen molar-refractivity contribution in [1.82, 2.24) is 0 Å². The van der Waals surface area contributed by atoms with Crippen molar-refractivity contribution in [1.29, 1.82) is 10.5 Å². The molecule has 0 saturated carbocycles. The van der Waals surface area contributed by atoms with Crippen LogP contribution in [0.4, 0.5) is 0 Å². The van der Waals surface area contributed by atoms with Crippen molar-refractivity contribution < 1.29 is 23.8 Å². The van der Waals surface area contributed by atoms with Crippen molar-refractivity contribution in [3.8, 4) is 12.1 Å². The van der Waals surface area contributed by atoms with Crippen LogP contribution in [0.1, 0.15) is 122 Å². The molecule has 0 saturated heterocycles. The monoisotopic (exact) mass is 558 g/mol. The fourth-order valence-corrected chi connectivity index (χ4v) is 5.66. The lowest BCUT2D eigenvalue weighted by atomic mass is 9.87. The zero-order chi connectivity index (χ0) is 27.7. The largest absolute Gasteiger partial charge is 0.379 e. The first-order valence-electron chi connectivity index (χ1n) is 14.1. The van der Waals surface area contributed by atoms with E-state index in [4.69, 9.17) is 36.3 Å². The molecule has 1 unspecified atom stereocenters. The van der Waals surface area contributed by atoms with E-state index in [1.165, 1.54) is 84.2 Å². The van der Waals surface area contributed by atoms with Gasteiger partial charge in [-0.3, -0.25) is 4.52 Å². The summed E-state index contributed by atoms with van der Waals surface area (Å²) in [5.74, 6) is 0. The Labute approximate surface area is 231 Å². The van der Waals surface area contributed by atoms with Crippen LogP contribution in [0.5, 0.6) is 0 Å². The van der Waals surface area contributed by atoms with Gasteiger partial charge in [-0.05, 0) is 56.8 Å². The van der Waals surface area contributed by atoms with Crippen LogP contribution < -0.4 is 0 Å². The third-order valence-corrected chi connectivity index (χ3v) is 7.39. The molecule has 0 bridgehead atoms. The number of nitriles is 2. The SMILES string of the molecule is CCCCCCCCC=CCCCCCCCCOCC(OC)C(CCC#N)(CCC#N)OP(O)(O)=S. The van der Waals surface area contributed by atoms with Crippen molar-refractivity contribution in [2.45, 2.75) is 134 Å². The second-order valence-electron chi connectivity index (χ2n) is 9.70. The summed E-state index contributed by atoms with van der Waals surface area (Å²) in [5.41, 5.74) is -1.26. The summed E-state index contributed by atoms with van der Waals surface area (Å²) in [4.78, 5) is 19.6. The van der Waals surface area contributed by atoms with Gasteiger partial charge >= 0.3 is 6.72 Å². The Morgan fingerprint density at radius 3 is 1.78 bits per heavy atom. The van der Waals surface area contributed by atoms with E-state index >= 15 is 0 Å². The molecule has 0 spiro atoms. The fraction of sp³-hybridized carbons (Fsp3) is 0.857. The van der Waals surface area contributed by atoms with Gasteiger partial charge in [-0.15, -0.1) is 0 Å². The van der Waals surface area contributed by atoms with Crippen molar-refractivity contribution >= 4 is 18.5 Å². The van der Waals surface area contributed by atoms with E-state index in [9.17, 15) is 9.79 Å². The van der Waals surface area contributed by atoms with Gasteiger partial charge in [-0.2, -0.15) is 10.5 Å². The lowest BCUT2D eigenvalue weighted by Gasteiger charge is -2.39. The number of nitrogens with zero attached hydrogens (tertiary/aromatic N) is 2. The quantitative estimate of drug-likeness (QED) is 0.0632. The highest BCUT2D eigenvalue weighted by Crippen LogP contribution is 2.47. The zero-order valence-electron chi connectivity index (χ0n) is 23.2. The third-order valence-electron chi connectivity index (χ3n) is 6.56. The van der Waals surface area contributed by atoms with Crippen LogP contribution in [0.25, 0.3) is 0 Å². The number of unbranched alkanes of at least 4 members (excludes halogenated alkanes) is 12. The molecule has 0 aromatic carbocycles. The summed E-state index contributed by atoms with van der Waals surface area (Å²) in [7, 11) is 1.48. The Morgan fingerprint density at radius 2 is 1.32 bits per heavy atom. The maximum absolute atomic E-state index is 9.82. The molecule has 0 aliphatic rings. The third kappa shape index (κ3) is 20.8. The van der Waals surface area contributed by atoms with E-state index in [2.05, 4.69) is 19.1 Å². The first kappa shape index (κ1) is 36.2. The summed E-state index contributed by atoms with van der Waals surface area (Å²) in [6, 6.07) is 4.09. The van der Waals surface area contributed by atoms with E-state index in [-0.39, 0.29) is 32.3 Å². The van der Waals surface area contributed by atoms with E-state index in [0.29, 0.717) is 6.61 Å². The highest BCUT2D eigenvalue weighted by atomic mass is 32.5. The van der Waals surface area contributed by atoms with Crippen LogP contribution >= 0.6 is 6.72 Å². The predicted molar refractivity (Wildman–Crippen MR) is 153 cm³/mol. The summed E-state index contributed by atoms with van der Waals surface area (Å²) in [6.07, 6.45) is 22.0. The van der Waals surface area contributed by atoms with Gasteiger partial charge in [0.05, 0.1) is 18.7 Å². The van der Waals surface area contributed by atoms with Gasteiger partial charge in [-0.25, -0.2) is 0 Å². The molecular weight excluding hydrogens is 507 g/mol. The summed E-state index contributed by atoms with van der Waals surface area (Å²) in [6.45, 7) is -1.07. The smallest absolute Gasteiger partial charge is 0.322 e. The van der Waals surface area contributed by atoms with Crippen LogP contribution in [-0.4, -0.2) is 41.8 Å². The molecule has 0 amide bonds. The standard InChI is InChI=1S/C28H51N2O5PS/c1-3-4-5-6-7-8-9-10-11-12-13-14-15-16-17-18-25-34-26-27(33-2)28(21-19-23-29,22-20-24-30)35-36(31,32)37/h10-11,27H,3-9,12-22,25-26H2,1-2H3,(H2,31,32,37). The molecule has 37 heavy (non-hydrogen) atoms. The lowest BCUT2D eigenvalue weighted by molar-refractivity contribution is -0.119. The van der Waals surface area contributed by atoms with Crippen LogP contribution in [0, 0.1) is 22.7 Å². The molecule has 0 aliphatic heterocycles. The van der Waals surface area contributed by atoms with E-state index in [1.54, 1.807) is 0 Å². The molecule has 2 N–H and O–H groups in total. The van der Waals surface area contributed by atoms with Gasteiger partial charge < -0.3 is 19.3 Å². The molecule has 0 radical (unpaired) electrons. The van der Waals surface area contributed by atoms with Crippen LogP contribution in [0.15, 0.2) is 12.2 Å². The van der Waals surface area contributed by atoms with Crippen LogP contribution in [0.2, 0.25) is 0 Å². The molecule has 0 aromatic heterocycles. The van der Waals surface area contributed by atoms with E-state index in [0.717, 1.165) is 12.8 Å². The van der Waals surface area contributed by atoms with Gasteiger partial charge in [0, 0.05) is 26.6 Å². The normalized spacial score (nSPS) is 13.0. The van der Waals surface area contributed by atoms with Crippen molar-refractivity contribution in [3.05, 3.63) is 12.2 Å². The number of ether oxygens (including phenoxy) is 2. The number of rotatable bonds is 26. The predicted octanol–water partition coefficient (Wildman–Crippen LogP) is 7.63. The minimum absolute atomic E-state index is 0.107. The second kappa shape index (κ2) is 24.2. The molecule has 0 fully saturated rings. The first-order valence-corrected chi connectivity index (χ1v) is 16.7. The van der Waals surface area contributed by atoms with Crippen molar-refractivity contribution in [2.24, 2.45) is 0 Å². The zero-order valence-corrected chi connectivity index (χ0v) is 25.0. The topological polar surface area (TPSA) is 116 Å². The van der Waals surface area contributed by atoms with Gasteiger partial charge in [0.15, 0.2) is 0 Å². The van der Waals surface area contributed by atoms with E-state index in [1.807, 2.05) is 12.1 Å². The van der Waals surface area contributed by atoms with Crippen LogP contribution in [0.3, 0.4) is 0 Å². The van der Waals surface area contributed by atoms with E-state index < -0.39 is 18.4 Å². The number of methoxy groups -OCH3 is 1. The van der Waals surface area contributed by atoms with Crippen LogP contribution in [-0.2, 0) is 25.8 Å². The van der Waals surface area contributed by atoms with Gasteiger partial charge in [-0.1, -0.05) is 76.9 Å². The van der Waals surface area contributed by atoms with Gasteiger partial charge in [0.2, 0.25) is 0 Å². The molecular formula is C28H51N2O5PS. The summed E-state index contributed by atoms with van der Waals surface area (Å²) < 4.78 is 16.9. The maximum Gasteiger partial charge on any atom is 0.322 e. The highest BCUT2D eigenvalue weighted by Gasteiger charge is 2.43. The minimum Gasteiger partial charge on any atom is -0.379 e. The number of hydrogen-bond acceptors (Lipinski definition) is 6. The highest BCUT2D eigenvalue weighted by molar-refractivity contribution is 8.06. The Bertz CT molecular complexity index is 684. The minimum atomic E-state index is -4.04. The second-order valence-corrected chi connectivity index (χ2v) is 12.3. The van der Waals surface area contributed by atoms with Gasteiger partial charge in [0.25, 0.3) is 0 Å². The molecule has 1 atom stereocenters. The average molecular weight is 559 g/mol. The summed E-state index contributed by atoms with van der Waals surface area (Å²) in [5, 5.41) is 18.1. The Kier molecular flexibility index (Phi) is 23.7. The van der Waals surface area contributed by atoms with Crippen molar-refractivity contribution in [2.75, 3.05) is 20.3 Å². The molecule has 0 heterocycles.